The van der Waals surface area contributed by atoms with Crippen molar-refractivity contribution in [3.63, 3.8) is 0 Å². The van der Waals surface area contributed by atoms with Crippen molar-refractivity contribution in [2.24, 2.45) is 0 Å². The lowest BCUT2D eigenvalue weighted by atomic mass is 10.2. The summed E-state index contributed by atoms with van der Waals surface area (Å²) in [7, 11) is 0. The van der Waals surface area contributed by atoms with Crippen LogP contribution in [0.1, 0.15) is 20.3 Å². The number of halogens is 1. The maximum Gasteiger partial charge on any atom is 0.149 e. The number of anilines is 1. The molecule has 1 unspecified atom stereocenters. The maximum absolute atomic E-state index is 13.8. The minimum Gasteiger partial charge on any atom is -0.491 e. The number of hydrogen-bond donors (Lipinski definition) is 1. The van der Waals surface area contributed by atoms with E-state index in [1.54, 1.807) is 12.1 Å². The Morgan fingerprint density at radius 3 is 2.88 bits per heavy atom. The van der Waals surface area contributed by atoms with Gasteiger partial charge in [-0.15, -0.1) is 0 Å². The topological polar surface area (TPSA) is 30.5 Å². The fourth-order valence-electron chi connectivity index (χ4n) is 1.83. The first kappa shape index (κ1) is 12.2. The molecule has 0 aliphatic carbocycles. The lowest BCUT2D eigenvalue weighted by molar-refractivity contribution is 0.195. The fourth-order valence-corrected chi connectivity index (χ4v) is 1.83. The molecule has 0 aromatic heterocycles. The van der Waals surface area contributed by atoms with Crippen LogP contribution < -0.4 is 10.1 Å². The molecule has 17 heavy (non-hydrogen) atoms. The van der Waals surface area contributed by atoms with E-state index in [4.69, 9.17) is 9.47 Å². The molecule has 0 saturated carbocycles. The smallest absolute Gasteiger partial charge is 0.149 e. The van der Waals surface area contributed by atoms with Gasteiger partial charge in [-0.1, -0.05) is 0 Å². The molecule has 0 amide bonds. The normalized spacial score (nSPS) is 19.6. The molecule has 2 rings (SSSR count). The van der Waals surface area contributed by atoms with Crippen LogP contribution in [0, 0.1) is 5.82 Å². The molecule has 1 atom stereocenters. The Labute approximate surface area is 101 Å². The Balaban J connectivity index is 2.03. The quantitative estimate of drug-likeness (QED) is 0.876. The minimum atomic E-state index is -0.282. The zero-order valence-corrected chi connectivity index (χ0v) is 10.2. The van der Waals surface area contributed by atoms with Gasteiger partial charge >= 0.3 is 0 Å². The summed E-state index contributed by atoms with van der Waals surface area (Å²) in [6, 6.07) is 5.12. The van der Waals surface area contributed by atoms with Crippen LogP contribution in [-0.2, 0) is 4.74 Å². The Kier molecular flexibility index (Phi) is 3.84. The first-order valence-corrected chi connectivity index (χ1v) is 5.95. The lowest BCUT2D eigenvalue weighted by Crippen LogP contribution is -2.19. The van der Waals surface area contributed by atoms with E-state index in [2.05, 4.69) is 5.32 Å². The van der Waals surface area contributed by atoms with Crippen molar-refractivity contribution in [2.75, 3.05) is 18.5 Å². The summed E-state index contributed by atoms with van der Waals surface area (Å²) in [4.78, 5) is 0. The highest BCUT2D eigenvalue weighted by Gasteiger charge is 2.16. The molecule has 1 N–H and O–H groups in total. The molecule has 0 bridgehead atoms. The summed E-state index contributed by atoms with van der Waals surface area (Å²) in [5, 5.41) is 3.13. The molecule has 1 aromatic rings. The molecule has 94 valence electrons. The Hall–Kier alpha value is -1.29. The van der Waals surface area contributed by atoms with Gasteiger partial charge < -0.3 is 14.8 Å². The van der Waals surface area contributed by atoms with Crippen molar-refractivity contribution >= 4 is 5.69 Å². The van der Waals surface area contributed by atoms with Crippen LogP contribution in [0.2, 0.25) is 0 Å². The lowest BCUT2D eigenvalue weighted by Gasteiger charge is -2.15. The maximum atomic E-state index is 13.8. The van der Waals surface area contributed by atoms with Crippen molar-refractivity contribution in [1.29, 1.82) is 0 Å². The fraction of sp³-hybridized carbons (Fsp3) is 0.538. The highest BCUT2D eigenvalue weighted by Crippen LogP contribution is 2.23. The van der Waals surface area contributed by atoms with Crippen LogP contribution in [0.4, 0.5) is 10.1 Å². The summed E-state index contributed by atoms with van der Waals surface area (Å²) in [5.41, 5.74) is 0.511. The van der Waals surface area contributed by atoms with E-state index in [-0.39, 0.29) is 18.0 Å². The average molecular weight is 239 g/mol. The van der Waals surface area contributed by atoms with Crippen LogP contribution in [0.5, 0.6) is 5.75 Å². The highest BCUT2D eigenvalue weighted by molar-refractivity contribution is 5.48. The molecular formula is C13H18FNO2. The summed E-state index contributed by atoms with van der Waals surface area (Å²) in [5.74, 6) is 0.278. The van der Waals surface area contributed by atoms with E-state index in [1.165, 1.54) is 6.07 Å². The van der Waals surface area contributed by atoms with E-state index in [0.717, 1.165) is 13.0 Å². The van der Waals surface area contributed by atoms with Crippen LogP contribution in [0.15, 0.2) is 18.2 Å². The van der Waals surface area contributed by atoms with Crippen LogP contribution >= 0.6 is 0 Å². The molecule has 1 saturated heterocycles. The van der Waals surface area contributed by atoms with Gasteiger partial charge in [0.25, 0.3) is 0 Å². The summed E-state index contributed by atoms with van der Waals surface area (Å²) in [6.07, 6.45) is 0.973. The molecule has 0 spiro atoms. The minimum absolute atomic E-state index is 0.0523. The highest BCUT2D eigenvalue weighted by atomic mass is 19.1. The van der Waals surface area contributed by atoms with Gasteiger partial charge in [0, 0.05) is 12.7 Å². The number of rotatable bonds is 4. The largest absolute Gasteiger partial charge is 0.491 e. The van der Waals surface area contributed by atoms with E-state index < -0.39 is 0 Å². The van der Waals surface area contributed by atoms with Gasteiger partial charge in [0.05, 0.1) is 24.4 Å². The molecule has 1 fully saturated rings. The van der Waals surface area contributed by atoms with Crippen molar-refractivity contribution in [2.45, 2.75) is 32.4 Å². The number of benzene rings is 1. The van der Waals surface area contributed by atoms with Gasteiger partial charge in [-0.3, -0.25) is 0 Å². The predicted molar refractivity (Wildman–Crippen MR) is 65.0 cm³/mol. The molecule has 1 heterocycles. The molecule has 1 aliphatic rings. The van der Waals surface area contributed by atoms with Gasteiger partial charge in [0.15, 0.2) is 0 Å². The van der Waals surface area contributed by atoms with Gasteiger partial charge in [-0.2, -0.15) is 0 Å². The number of ether oxygens (including phenoxy) is 2. The van der Waals surface area contributed by atoms with E-state index in [0.29, 0.717) is 18.0 Å². The summed E-state index contributed by atoms with van der Waals surface area (Å²) >= 11 is 0. The van der Waals surface area contributed by atoms with Crippen LogP contribution in [0.25, 0.3) is 0 Å². The molecule has 0 radical (unpaired) electrons. The second-order valence-electron chi connectivity index (χ2n) is 4.51. The van der Waals surface area contributed by atoms with Gasteiger partial charge in [0.2, 0.25) is 0 Å². The van der Waals surface area contributed by atoms with Crippen molar-refractivity contribution in [3.8, 4) is 5.75 Å². The van der Waals surface area contributed by atoms with Crippen molar-refractivity contribution in [1.82, 2.24) is 0 Å². The van der Waals surface area contributed by atoms with Gasteiger partial charge in [0.1, 0.15) is 11.6 Å². The first-order chi connectivity index (χ1) is 8.15. The van der Waals surface area contributed by atoms with Crippen LogP contribution in [-0.4, -0.2) is 25.4 Å². The number of nitrogens with one attached hydrogen (secondary N) is 1. The van der Waals surface area contributed by atoms with Gasteiger partial charge in [-0.05, 0) is 32.4 Å². The number of hydrogen-bond acceptors (Lipinski definition) is 3. The monoisotopic (exact) mass is 239 g/mol. The predicted octanol–water partition coefficient (Wildman–Crippen LogP) is 2.81. The third-order valence-electron chi connectivity index (χ3n) is 2.60. The average Bonchev–Trinajstić information content (AvgIpc) is 2.74. The third-order valence-corrected chi connectivity index (χ3v) is 2.60. The Bertz CT molecular complexity index is 376. The zero-order chi connectivity index (χ0) is 12.3. The standard InChI is InChI=1S/C13H18FNO2/c1-9(2)17-11-3-4-13(12(14)7-11)15-10-5-6-16-8-10/h3-4,7,9-10,15H,5-6,8H2,1-2H3. The third kappa shape index (κ3) is 3.33. The summed E-state index contributed by atoms with van der Waals surface area (Å²) < 4.78 is 24.4. The molecule has 1 aliphatic heterocycles. The Morgan fingerprint density at radius 1 is 1.47 bits per heavy atom. The van der Waals surface area contributed by atoms with E-state index in [9.17, 15) is 4.39 Å². The van der Waals surface area contributed by atoms with Crippen LogP contribution in [0.3, 0.4) is 0 Å². The molecule has 1 aromatic carbocycles. The Morgan fingerprint density at radius 2 is 2.29 bits per heavy atom. The second-order valence-corrected chi connectivity index (χ2v) is 4.51. The van der Waals surface area contributed by atoms with Gasteiger partial charge in [-0.25, -0.2) is 4.39 Å². The zero-order valence-electron chi connectivity index (χ0n) is 10.2. The summed E-state index contributed by atoms with van der Waals surface area (Å²) in [6.45, 7) is 5.22. The van der Waals surface area contributed by atoms with E-state index >= 15 is 0 Å². The second kappa shape index (κ2) is 5.36. The van der Waals surface area contributed by atoms with E-state index in [1.807, 2.05) is 13.8 Å². The van der Waals surface area contributed by atoms with Crippen molar-refractivity contribution < 1.29 is 13.9 Å². The molecule has 3 nitrogen and oxygen atoms in total. The SMILES string of the molecule is CC(C)Oc1ccc(NC2CCOC2)c(F)c1. The van der Waals surface area contributed by atoms with Crippen molar-refractivity contribution in [3.05, 3.63) is 24.0 Å². The first-order valence-electron chi connectivity index (χ1n) is 5.95. The molecule has 4 heteroatoms. The molecular weight excluding hydrogens is 221 g/mol.